The first-order chi connectivity index (χ1) is 15.8. The molecule has 0 bridgehead atoms. The van der Waals surface area contributed by atoms with Crippen LogP contribution in [0.2, 0.25) is 0 Å². The minimum Gasteiger partial charge on any atom is -0.393 e. The van der Waals surface area contributed by atoms with Gasteiger partial charge >= 0.3 is 0 Å². The third kappa shape index (κ3) is 4.94. The van der Waals surface area contributed by atoms with Crippen LogP contribution in [0.3, 0.4) is 0 Å². The highest BCUT2D eigenvalue weighted by atomic mass is 32.2. The van der Waals surface area contributed by atoms with Gasteiger partial charge in [0.25, 0.3) is 10.1 Å². The zero-order chi connectivity index (χ0) is 24.9. The van der Waals surface area contributed by atoms with Gasteiger partial charge in [0, 0.05) is 13.0 Å². The van der Waals surface area contributed by atoms with Gasteiger partial charge in [-0.2, -0.15) is 8.42 Å². The summed E-state index contributed by atoms with van der Waals surface area (Å²) in [7, 11) is -4.06. The number of carbonyl (C=O) groups excluding carboxylic acids is 1. The number of hydrogen-bond acceptors (Lipinski definition) is 5. The zero-order valence-corrected chi connectivity index (χ0v) is 21.9. The molecule has 0 saturated heterocycles. The van der Waals surface area contributed by atoms with E-state index >= 15 is 0 Å². The van der Waals surface area contributed by atoms with Gasteiger partial charge in [-0.1, -0.05) is 20.8 Å². The maximum atomic E-state index is 12.2. The summed E-state index contributed by atoms with van der Waals surface area (Å²) in [6.45, 7) is 7.05. The van der Waals surface area contributed by atoms with Crippen LogP contribution in [-0.4, -0.2) is 53.6 Å². The van der Waals surface area contributed by atoms with Gasteiger partial charge in [-0.15, -0.1) is 0 Å². The Hall–Kier alpha value is -0.700. The quantitative estimate of drug-likeness (QED) is 0.398. The first-order valence-corrected chi connectivity index (χ1v) is 15.0. The van der Waals surface area contributed by atoms with Crippen molar-refractivity contribution in [1.82, 2.24) is 5.32 Å². The van der Waals surface area contributed by atoms with E-state index in [4.69, 9.17) is 4.55 Å². The van der Waals surface area contributed by atoms with E-state index < -0.39 is 15.9 Å². The van der Waals surface area contributed by atoms with Gasteiger partial charge in [0.1, 0.15) is 0 Å². The van der Waals surface area contributed by atoms with Crippen molar-refractivity contribution in [3.63, 3.8) is 0 Å². The minimum atomic E-state index is -4.06. The second kappa shape index (κ2) is 9.64. The highest BCUT2D eigenvalue weighted by Gasteiger charge is 2.62. The van der Waals surface area contributed by atoms with Gasteiger partial charge in [0.05, 0.1) is 18.0 Å². The Bertz CT molecular complexity index is 863. The first kappa shape index (κ1) is 26.4. The molecule has 34 heavy (non-hydrogen) atoms. The molecule has 196 valence electrons. The Kier molecular flexibility index (Phi) is 7.47. The number of carbonyl (C=O) groups is 1. The van der Waals surface area contributed by atoms with E-state index in [1.807, 2.05) is 0 Å². The fourth-order valence-corrected chi connectivity index (χ4v) is 9.50. The second-order valence-corrected chi connectivity index (χ2v) is 14.2. The van der Waals surface area contributed by atoms with Crippen molar-refractivity contribution in [1.29, 1.82) is 0 Å². The molecule has 4 rings (SSSR count). The van der Waals surface area contributed by atoms with Gasteiger partial charge in [-0.3, -0.25) is 9.35 Å². The number of aliphatic hydroxyl groups excluding tert-OH is 2. The van der Waals surface area contributed by atoms with E-state index in [1.54, 1.807) is 0 Å². The Morgan fingerprint density at radius 3 is 2.41 bits per heavy atom. The first-order valence-electron chi connectivity index (χ1n) is 13.4. The predicted octanol–water partition coefficient (Wildman–Crippen LogP) is 3.40. The van der Waals surface area contributed by atoms with E-state index in [0.29, 0.717) is 41.9 Å². The number of hydrogen-bond donors (Lipinski definition) is 4. The van der Waals surface area contributed by atoms with Crippen LogP contribution in [0, 0.1) is 46.3 Å². The molecule has 0 aromatic heterocycles. The van der Waals surface area contributed by atoms with Crippen LogP contribution < -0.4 is 5.32 Å². The Morgan fingerprint density at radius 1 is 1.03 bits per heavy atom. The number of rotatable bonds is 7. The van der Waals surface area contributed by atoms with Crippen LogP contribution in [0.25, 0.3) is 0 Å². The van der Waals surface area contributed by atoms with E-state index in [2.05, 4.69) is 26.1 Å². The molecular weight excluding hydrogens is 454 g/mol. The van der Waals surface area contributed by atoms with Gasteiger partial charge < -0.3 is 15.5 Å². The Morgan fingerprint density at radius 2 is 1.71 bits per heavy atom. The topological polar surface area (TPSA) is 124 Å². The number of aliphatic hydroxyl groups is 2. The molecule has 4 aliphatic carbocycles. The minimum absolute atomic E-state index is 0.0625. The lowest BCUT2D eigenvalue weighted by Gasteiger charge is -2.62. The summed E-state index contributed by atoms with van der Waals surface area (Å²) in [5.41, 5.74) is 0.411. The van der Waals surface area contributed by atoms with Crippen LogP contribution in [-0.2, 0) is 14.9 Å². The molecule has 0 unspecified atom stereocenters. The lowest BCUT2D eigenvalue weighted by Crippen LogP contribution is -2.58. The van der Waals surface area contributed by atoms with Crippen molar-refractivity contribution in [2.45, 2.75) is 97.2 Å². The van der Waals surface area contributed by atoms with Crippen molar-refractivity contribution >= 4 is 16.0 Å². The smallest absolute Gasteiger partial charge is 0.266 e. The molecule has 4 N–H and O–H groups in total. The molecule has 0 aromatic rings. The average Bonchev–Trinajstić information content (AvgIpc) is 3.09. The fourth-order valence-electron chi connectivity index (χ4n) is 9.14. The number of amides is 1. The lowest BCUT2D eigenvalue weighted by molar-refractivity contribution is -0.174. The molecular formula is C26H45NO6S. The van der Waals surface area contributed by atoms with Crippen LogP contribution >= 0.6 is 0 Å². The zero-order valence-electron chi connectivity index (χ0n) is 21.1. The van der Waals surface area contributed by atoms with Crippen molar-refractivity contribution in [2.24, 2.45) is 46.3 Å². The Labute approximate surface area is 205 Å². The van der Waals surface area contributed by atoms with Gasteiger partial charge in [-0.25, -0.2) is 0 Å². The van der Waals surface area contributed by atoms with E-state index in [0.717, 1.165) is 51.4 Å². The molecule has 7 nitrogen and oxygen atoms in total. The van der Waals surface area contributed by atoms with Gasteiger partial charge in [0.15, 0.2) is 0 Å². The summed E-state index contributed by atoms with van der Waals surface area (Å²) < 4.78 is 30.5. The molecule has 4 fully saturated rings. The molecule has 10 atom stereocenters. The molecule has 0 aromatic carbocycles. The lowest BCUT2D eigenvalue weighted by atomic mass is 9.43. The van der Waals surface area contributed by atoms with Gasteiger partial charge in [0.2, 0.25) is 5.91 Å². The standard InChI is InChI=1S/C26H45NO6S/c1-16(4-7-23(30)27-12-13-34(31,32)33)19-5-6-20-24-21(9-11-26(19,20)3)25(2)10-8-18(28)14-17(25)15-22(24)29/h16-22,24,28-29H,4-15H2,1-3H3,(H,27,30)(H,31,32,33)/t16-,17+,18-,19+,20-,21+,22-,24-,25-,26-/m1/s1. The molecule has 1 amide bonds. The van der Waals surface area contributed by atoms with E-state index in [1.165, 1.54) is 6.42 Å². The molecule has 0 aliphatic heterocycles. The van der Waals surface area contributed by atoms with Crippen molar-refractivity contribution < 1.29 is 28.0 Å². The molecule has 0 spiro atoms. The highest BCUT2D eigenvalue weighted by Crippen LogP contribution is 2.68. The van der Waals surface area contributed by atoms with Crippen molar-refractivity contribution in [2.75, 3.05) is 12.3 Å². The summed E-state index contributed by atoms with van der Waals surface area (Å²) in [5, 5.41) is 24.2. The second-order valence-electron chi connectivity index (χ2n) is 12.6. The monoisotopic (exact) mass is 499 g/mol. The molecule has 8 heteroatoms. The van der Waals surface area contributed by atoms with Crippen LogP contribution in [0.1, 0.15) is 85.0 Å². The largest absolute Gasteiger partial charge is 0.393 e. The fraction of sp³-hybridized carbons (Fsp3) is 0.962. The highest BCUT2D eigenvalue weighted by molar-refractivity contribution is 7.85. The molecule has 4 aliphatic rings. The van der Waals surface area contributed by atoms with Crippen LogP contribution in [0.5, 0.6) is 0 Å². The molecule has 4 saturated carbocycles. The van der Waals surface area contributed by atoms with Crippen LogP contribution in [0.15, 0.2) is 0 Å². The average molecular weight is 500 g/mol. The van der Waals surface area contributed by atoms with E-state index in [9.17, 15) is 23.4 Å². The van der Waals surface area contributed by atoms with Crippen molar-refractivity contribution in [3.05, 3.63) is 0 Å². The summed E-state index contributed by atoms with van der Waals surface area (Å²) in [6, 6.07) is 0. The molecule has 0 heterocycles. The van der Waals surface area contributed by atoms with Crippen LogP contribution in [0.4, 0.5) is 0 Å². The summed E-state index contributed by atoms with van der Waals surface area (Å²) >= 11 is 0. The van der Waals surface area contributed by atoms with Crippen molar-refractivity contribution in [3.8, 4) is 0 Å². The maximum absolute atomic E-state index is 12.2. The third-order valence-electron chi connectivity index (χ3n) is 10.9. The predicted molar refractivity (Wildman–Crippen MR) is 130 cm³/mol. The Balaban J connectivity index is 1.39. The van der Waals surface area contributed by atoms with Gasteiger partial charge in [-0.05, 0) is 104 Å². The number of nitrogens with one attached hydrogen (secondary N) is 1. The summed E-state index contributed by atoms with van der Waals surface area (Å²) in [6.07, 6.45) is 8.87. The number of fused-ring (bicyclic) bond motifs is 5. The third-order valence-corrected chi connectivity index (χ3v) is 11.6. The van der Waals surface area contributed by atoms with E-state index in [-0.39, 0.29) is 35.5 Å². The summed E-state index contributed by atoms with van der Waals surface area (Å²) in [4.78, 5) is 12.2. The maximum Gasteiger partial charge on any atom is 0.266 e. The normalized spacial score (nSPS) is 45.1. The molecule has 0 radical (unpaired) electrons. The SMILES string of the molecule is C[C@H](CCC(=O)NCCS(=O)(=O)O)[C@@H]1CC[C@@H]2[C@H]3[C@H](O)C[C@@H]4C[C@H](O)CC[C@@]4(C)[C@H]3CC[C@@]21C. The summed E-state index contributed by atoms with van der Waals surface area (Å²) in [5.74, 6) is 2.10.